The minimum atomic E-state index is 0.653. The van der Waals surface area contributed by atoms with Crippen LogP contribution in [0.1, 0.15) is 18.1 Å². The largest absolute Gasteiger partial charge is 0.497 e. The zero-order chi connectivity index (χ0) is 14.9. The van der Waals surface area contributed by atoms with Crippen molar-refractivity contribution in [1.82, 2.24) is 5.32 Å². The van der Waals surface area contributed by atoms with E-state index in [1.165, 1.54) is 11.1 Å². The fraction of sp³-hybridized carbons (Fsp3) is 0.333. The van der Waals surface area contributed by atoms with E-state index in [4.69, 9.17) is 9.47 Å². The predicted octanol–water partition coefficient (Wildman–Crippen LogP) is 3.43. The smallest absolute Gasteiger partial charge is 0.119 e. The first-order chi connectivity index (χ1) is 10.3. The second kappa shape index (κ2) is 8.32. The van der Waals surface area contributed by atoms with Gasteiger partial charge in [-0.1, -0.05) is 31.2 Å². The van der Waals surface area contributed by atoms with Gasteiger partial charge in [0.2, 0.25) is 0 Å². The van der Waals surface area contributed by atoms with Gasteiger partial charge in [-0.3, -0.25) is 0 Å². The van der Waals surface area contributed by atoms with Gasteiger partial charge in [-0.05, 0) is 41.8 Å². The predicted molar refractivity (Wildman–Crippen MR) is 86.0 cm³/mol. The van der Waals surface area contributed by atoms with E-state index in [2.05, 4.69) is 36.5 Å². The Morgan fingerprint density at radius 3 is 2.24 bits per heavy atom. The van der Waals surface area contributed by atoms with Crippen LogP contribution in [0.4, 0.5) is 0 Å². The fourth-order valence-electron chi connectivity index (χ4n) is 2.21. The molecule has 1 N–H and O–H groups in total. The molecule has 0 atom stereocenters. The van der Waals surface area contributed by atoms with Crippen LogP contribution in [0.2, 0.25) is 0 Å². The van der Waals surface area contributed by atoms with Crippen molar-refractivity contribution in [3.8, 4) is 11.5 Å². The molecule has 0 heterocycles. The van der Waals surface area contributed by atoms with Gasteiger partial charge in [-0.25, -0.2) is 0 Å². The summed E-state index contributed by atoms with van der Waals surface area (Å²) in [5.41, 5.74) is 2.77. The molecular weight excluding hydrogens is 262 g/mol. The Hall–Kier alpha value is -2.00. The third-order valence-corrected chi connectivity index (χ3v) is 3.42. The van der Waals surface area contributed by atoms with Crippen molar-refractivity contribution in [2.24, 2.45) is 0 Å². The van der Waals surface area contributed by atoms with Crippen LogP contribution in [0.25, 0.3) is 0 Å². The minimum Gasteiger partial charge on any atom is -0.497 e. The molecule has 0 saturated carbocycles. The lowest BCUT2D eigenvalue weighted by molar-refractivity contribution is 0.313. The first-order valence-electron chi connectivity index (χ1n) is 7.38. The summed E-state index contributed by atoms with van der Waals surface area (Å²) in [6, 6.07) is 16.2. The van der Waals surface area contributed by atoms with Crippen LogP contribution in [0.15, 0.2) is 48.5 Å². The molecule has 3 heteroatoms. The van der Waals surface area contributed by atoms with Crippen LogP contribution in [-0.2, 0) is 13.0 Å². The maximum Gasteiger partial charge on any atom is 0.119 e. The van der Waals surface area contributed by atoms with E-state index in [-0.39, 0.29) is 0 Å². The summed E-state index contributed by atoms with van der Waals surface area (Å²) < 4.78 is 10.8. The highest BCUT2D eigenvalue weighted by Gasteiger charge is 1.99. The van der Waals surface area contributed by atoms with Crippen LogP contribution in [-0.4, -0.2) is 20.3 Å². The number of ether oxygens (including phenoxy) is 2. The molecule has 0 unspecified atom stereocenters. The molecule has 2 aromatic rings. The maximum atomic E-state index is 5.68. The summed E-state index contributed by atoms with van der Waals surface area (Å²) >= 11 is 0. The monoisotopic (exact) mass is 285 g/mol. The Balaban J connectivity index is 1.70. The second-order valence-corrected chi connectivity index (χ2v) is 4.82. The molecule has 0 spiro atoms. The number of nitrogens with one attached hydrogen (secondary N) is 1. The summed E-state index contributed by atoms with van der Waals surface area (Å²) in [5, 5.41) is 3.42. The average Bonchev–Trinajstić information content (AvgIpc) is 2.55. The quantitative estimate of drug-likeness (QED) is 0.754. The molecule has 0 saturated heterocycles. The molecule has 0 aliphatic heterocycles. The average molecular weight is 285 g/mol. The van der Waals surface area contributed by atoms with Gasteiger partial charge >= 0.3 is 0 Å². The van der Waals surface area contributed by atoms with Crippen LogP contribution in [0.3, 0.4) is 0 Å². The molecule has 0 fully saturated rings. The molecule has 2 aromatic carbocycles. The summed E-state index contributed by atoms with van der Waals surface area (Å²) in [4.78, 5) is 0. The summed E-state index contributed by atoms with van der Waals surface area (Å²) in [7, 11) is 1.66. The van der Waals surface area contributed by atoms with Crippen LogP contribution in [0, 0.1) is 0 Å². The van der Waals surface area contributed by atoms with E-state index < -0.39 is 0 Å². The highest BCUT2D eigenvalue weighted by Crippen LogP contribution is 2.16. The lowest BCUT2D eigenvalue weighted by Crippen LogP contribution is -2.21. The highest BCUT2D eigenvalue weighted by molar-refractivity contribution is 5.31. The van der Waals surface area contributed by atoms with Crippen molar-refractivity contribution in [3.05, 3.63) is 59.7 Å². The topological polar surface area (TPSA) is 30.5 Å². The van der Waals surface area contributed by atoms with Crippen molar-refractivity contribution in [2.45, 2.75) is 19.9 Å². The Kier molecular flexibility index (Phi) is 6.10. The molecular formula is C18H23NO2. The highest BCUT2D eigenvalue weighted by atomic mass is 16.5. The van der Waals surface area contributed by atoms with Gasteiger partial charge in [0.25, 0.3) is 0 Å². The number of rotatable bonds is 8. The summed E-state index contributed by atoms with van der Waals surface area (Å²) in [6.07, 6.45) is 1.07. The van der Waals surface area contributed by atoms with Crippen molar-refractivity contribution in [1.29, 1.82) is 0 Å². The SMILES string of the molecule is CCc1ccccc1CNCCOc1ccc(OC)cc1. The summed E-state index contributed by atoms with van der Waals surface area (Å²) in [6.45, 7) is 4.55. The zero-order valence-electron chi connectivity index (χ0n) is 12.8. The molecule has 3 nitrogen and oxygen atoms in total. The second-order valence-electron chi connectivity index (χ2n) is 4.82. The number of methoxy groups -OCH3 is 1. The zero-order valence-corrected chi connectivity index (χ0v) is 12.8. The molecule has 0 amide bonds. The van der Waals surface area contributed by atoms with Crippen molar-refractivity contribution < 1.29 is 9.47 Å². The lowest BCUT2D eigenvalue weighted by atomic mass is 10.1. The van der Waals surface area contributed by atoms with E-state index in [1.807, 2.05) is 24.3 Å². The molecule has 2 rings (SSSR count). The van der Waals surface area contributed by atoms with E-state index >= 15 is 0 Å². The van der Waals surface area contributed by atoms with E-state index in [1.54, 1.807) is 7.11 Å². The number of benzene rings is 2. The van der Waals surface area contributed by atoms with Gasteiger partial charge in [0.1, 0.15) is 18.1 Å². The molecule has 0 bridgehead atoms. The normalized spacial score (nSPS) is 10.4. The van der Waals surface area contributed by atoms with Gasteiger partial charge in [0, 0.05) is 13.1 Å². The standard InChI is InChI=1S/C18H23NO2/c1-3-15-6-4-5-7-16(15)14-19-12-13-21-18-10-8-17(20-2)9-11-18/h4-11,19H,3,12-14H2,1-2H3. The number of aryl methyl sites for hydroxylation is 1. The molecule has 0 aromatic heterocycles. The van der Waals surface area contributed by atoms with Gasteiger partial charge in [0.05, 0.1) is 7.11 Å². The van der Waals surface area contributed by atoms with Crippen LogP contribution in [0.5, 0.6) is 11.5 Å². The minimum absolute atomic E-state index is 0.653. The van der Waals surface area contributed by atoms with E-state index in [9.17, 15) is 0 Å². The first-order valence-corrected chi connectivity index (χ1v) is 7.38. The van der Waals surface area contributed by atoms with Crippen LogP contribution >= 0.6 is 0 Å². The molecule has 0 aliphatic carbocycles. The third-order valence-electron chi connectivity index (χ3n) is 3.42. The van der Waals surface area contributed by atoms with Gasteiger partial charge in [0.15, 0.2) is 0 Å². The molecule has 21 heavy (non-hydrogen) atoms. The molecule has 0 radical (unpaired) electrons. The lowest BCUT2D eigenvalue weighted by Gasteiger charge is -2.10. The van der Waals surface area contributed by atoms with Gasteiger partial charge in [-0.15, -0.1) is 0 Å². The van der Waals surface area contributed by atoms with Crippen molar-refractivity contribution in [3.63, 3.8) is 0 Å². The molecule has 0 aliphatic rings. The Morgan fingerprint density at radius 1 is 0.905 bits per heavy atom. The Morgan fingerprint density at radius 2 is 1.57 bits per heavy atom. The van der Waals surface area contributed by atoms with E-state index in [0.29, 0.717) is 6.61 Å². The van der Waals surface area contributed by atoms with Gasteiger partial charge < -0.3 is 14.8 Å². The third kappa shape index (κ3) is 4.80. The fourth-order valence-corrected chi connectivity index (χ4v) is 2.21. The number of hydrogen-bond acceptors (Lipinski definition) is 3. The van der Waals surface area contributed by atoms with Crippen molar-refractivity contribution in [2.75, 3.05) is 20.3 Å². The maximum absolute atomic E-state index is 5.68. The molecule has 112 valence electrons. The number of hydrogen-bond donors (Lipinski definition) is 1. The first kappa shape index (κ1) is 15.4. The van der Waals surface area contributed by atoms with Crippen LogP contribution < -0.4 is 14.8 Å². The van der Waals surface area contributed by atoms with Gasteiger partial charge in [-0.2, -0.15) is 0 Å². The Bertz CT molecular complexity index is 537. The van der Waals surface area contributed by atoms with Crippen molar-refractivity contribution >= 4 is 0 Å². The summed E-state index contributed by atoms with van der Waals surface area (Å²) in [5.74, 6) is 1.71. The Labute approximate surface area is 126 Å². The van der Waals surface area contributed by atoms with E-state index in [0.717, 1.165) is 31.0 Å².